The van der Waals surface area contributed by atoms with Crippen LogP contribution in [0.2, 0.25) is 0 Å². The van der Waals surface area contributed by atoms with Gasteiger partial charge in [0.1, 0.15) is 5.75 Å². The molecule has 1 aromatic heterocycles. The molecule has 1 aromatic carbocycles. The molecule has 6 nitrogen and oxygen atoms in total. The standard InChI is InChI=1S/C15H15N3O3/c1-10(19)17-12-3-6-14(7-4-12)21-15-8-5-13(9-16-15)18-11(2)20/h3-9H,1-2H3,(H,17,19)(H,18,20). The van der Waals surface area contributed by atoms with E-state index in [1.807, 2.05) is 0 Å². The van der Waals surface area contributed by atoms with Crippen LogP contribution in [0.25, 0.3) is 0 Å². The molecule has 0 saturated carbocycles. The molecular weight excluding hydrogens is 270 g/mol. The van der Waals surface area contributed by atoms with E-state index in [1.165, 1.54) is 20.0 Å². The minimum atomic E-state index is -0.154. The third-order valence-corrected chi connectivity index (χ3v) is 2.45. The van der Waals surface area contributed by atoms with Crippen LogP contribution in [0.15, 0.2) is 42.6 Å². The quantitative estimate of drug-likeness (QED) is 0.905. The maximum atomic E-state index is 10.9. The lowest BCUT2D eigenvalue weighted by atomic mass is 10.3. The smallest absolute Gasteiger partial charge is 0.221 e. The number of carbonyl (C=O) groups is 2. The highest BCUT2D eigenvalue weighted by molar-refractivity contribution is 5.89. The zero-order chi connectivity index (χ0) is 15.2. The third-order valence-electron chi connectivity index (χ3n) is 2.45. The summed E-state index contributed by atoms with van der Waals surface area (Å²) >= 11 is 0. The van der Waals surface area contributed by atoms with Gasteiger partial charge in [-0.3, -0.25) is 9.59 Å². The highest BCUT2D eigenvalue weighted by Gasteiger charge is 2.01. The van der Waals surface area contributed by atoms with Crippen LogP contribution in [0.5, 0.6) is 11.6 Å². The number of hydrogen-bond donors (Lipinski definition) is 2. The van der Waals surface area contributed by atoms with Crippen molar-refractivity contribution in [3.8, 4) is 11.6 Å². The molecule has 2 N–H and O–H groups in total. The van der Waals surface area contributed by atoms with Crippen molar-refractivity contribution >= 4 is 23.2 Å². The zero-order valence-corrected chi connectivity index (χ0v) is 11.7. The number of ether oxygens (including phenoxy) is 1. The molecule has 0 radical (unpaired) electrons. The lowest BCUT2D eigenvalue weighted by Crippen LogP contribution is -2.06. The minimum absolute atomic E-state index is 0.126. The fourth-order valence-electron chi connectivity index (χ4n) is 1.65. The molecule has 0 saturated heterocycles. The Labute approximate surface area is 122 Å². The van der Waals surface area contributed by atoms with Crippen molar-refractivity contribution in [2.45, 2.75) is 13.8 Å². The molecule has 0 aliphatic carbocycles. The van der Waals surface area contributed by atoms with Gasteiger partial charge in [0, 0.05) is 25.6 Å². The Balaban J connectivity index is 2.01. The maximum Gasteiger partial charge on any atom is 0.221 e. The second kappa shape index (κ2) is 6.51. The van der Waals surface area contributed by atoms with Crippen molar-refractivity contribution in [2.75, 3.05) is 10.6 Å². The molecule has 0 bridgehead atoms. The topological polar surface area (TPSA) is 80.3 Å². The highest BCUT2D eigenvalue weighted by Crippen LogP contribution is 2.22. The lowest BCUT2D eigenvalue weighted by molar-refractivity contribution is -0.115. The molecule has 0 aliphatic heterocycles. The monoisotopic (exact) mass is 285 g/mol. The van der Waals surface area contributed by atoms with Gasteiger partial charge in [-0.2, -0.15) is 0 Å². The molecule has 0 unspecified atom stereocenters. The van der Waals surface area contributed by atoms with Gasteiger partial charge < -0.3 is 15.4 Å². The summed E-state index contributed by atoms with van der Waals surface area (Å²) in [6, 6.07) is 10.3. The third kappa shape index (κ3) is 4.61. The maximum absolute atomic E-state index is 10.9. The number of pyridine rings is 1. The Morgan fingerprint density at radius 2 is 1.48 bits per heavy atom. The van der Waals surface area contributed by atoms with E-state index in [0.29, 0.717) is 23.0 Å². The Hall–Kier alpha value is -2.89. The van der Waals surface area contributed by atoms with E-state index in [4.69, 9.17) is 4.74 Å². The Morgan fingerprint density at radius 3 is 2.00 bits per heavy atom. The fraction of sp³-hybridized carbons (Fsp3) is 0.133. The number of hydrogen-bond acceptors (Lipinski definition) is 4. The molecule has 2 rings (SSSR count). The number of anilines is 2. The second-order valence-corrected chi connectivity index (χ2v) is 4.37. The average Bonchev–Trinajstić information content (AvgIpc) is 2.42. The van der Waals surface area contributed by atoms with Gasteiger partial charge in [0.2, 0.25) is 17.7 Å². The Bertz CT molecular complexity index is 579. The van der Waals surface area contributed by atoms with Gasteiger partial charge in [-0.1, -0.05) is 0 Å². The summed E-state index contributed by atoms with van der Waals surface area (Å²) in [5.74, 6) is 0.734. The van der Waals surface area contributed by atoms with Crippen LogP contribution in [-0.4, -0.2) is 16.8 Å². The van der Waals surface area contributed by atoms with Gasteiger partial charge in [-0.25, -0.2) is 4.98 Å². The van der Waals surface area contributed by atoms with E-state index in [0.717, 1.165) is 0 Å². The predicted molar refractivity (Wildman–Crippen MR) is 79.4 cm³/mol. The molecule has 0 spiro atoms. The summed E-state index contributed by atoms with van der Waals surface area (Å²) in [5.41, 5.74) is 1.31. The molecule has 2 amide bonds. The molecule has 0 fully saturated rings. The van der Waals surface area contributed by atoms with Crippen LogP contribution in [-0.2, 0) is 9.59 Å². The summed E-state index contributed by atoms with van der Waals surface area (Å²) in [5, 5.41) is 5.30. The molecule has 0 aliphatic rings. The van der Waals surface area contributed by atoms with E-state index < -0.39 is 0 Å². The van der Waals surface area contributed by atoms with Gasteiger partial charge in [0.15, 0.2) is 0 Å². The normalized spacial score (nSPS) is 9.81. The number of nitrogens with one attached hydrogen (secondary N) is 2. The molecule has 2 aromatic rings. The fourth-order valence-corrected chi connectivity index (χ4v) is 1.65. The zero-order valence-electron chi connectivity index (χ0n) is 11.7. The van der Waals surface area contributed by atoms with Crippen LogP contribution in [0.1, 0.15) is 13.8 Å². The van der Waals surface area contributed by atoms with Crippen molar-refractivity contribution in [1.82, 2.24) is 4.98 Å². The summed E-state index contributed by atoms with van der Waals surface area (Å²) in [7, 11) is 0. The van der Waals surface area contributed by atoms with E-state index in [9.17, 15) is 9.59 Å². The van der Waals surface area contributed by atoms with Crippen LogP contribution < -0.4 is 15.4 Å². The van der Waals surface area contributed by atoms with E-state index in [1.54, 1.807) is 36.4 Å². The number of nitrogens with zero attached hydrogens (tertiary/aromatic N) is 1. The van der Waals surface area contributed by atoms with Crippen LogP contribution in [0, 0.1) is 0 Å². The van der Waals surface area contributed by atoms with E-state index in [2.05, 4.69) is 15.6 Å². The Morgan fingerprint density at radius 1 is 0.905 bits per heavy atom. The molecular formula is C15H15N3O3. The van der Waals surface area contributed by atoms with Crippen molar-refractivity contribution in [3.63, 3.8) is 0 Å². The van der Waals surface area contributed by atoms with Crippen LogP contribution in [0.3, 0.4) is 0 Å². The molecule has 0 atom stereocenters. The predicted octanol–water partition coefficient (Wildman–Crippen LogP) is 2.79. The molecule has 6 heteroatoms. The van der Waals surface area contributed by atoms with Crippen molar-refractivity contribution < 1.29 is 14.3 Å². The molecule has 1 heterocycles. The first-order valence-corrected chi connectivity index (χ1v) is 6.32. The first-order chi connectivity index (χ1) is 10.0. The van der Waals surface area contributed by atoms with Crippen molar-refractivity contribution in [2.24, 2.45) is 0 Å². The van der Waals surface area contributed by atoms with Gasteiger partial charge in [0.05, 0.1) is 11.9 Å². The summed E-state index contributed by atoms with van der Waals surface area (Å²) in [6.07, 6.45) is 1.52. The first-order valence-electron chi connectivity index (χ1n) is 6.32. The van der Waals surface area contributed by atoms with E-state index in [-0.39, 0.29) is 11.8 Å². The first kappa shape index (κ1) is 14.5. The highest BCUT2D eigenvalue weighted by atomic mass is 16.5. The van der Waals surface area contributed by atoms with Gasteiger partial charge in [-0.15, -0.1) is 0 Å². The van der Waals surface area contributed by atoms with Crippen LogP contribution in [0.4, 0.5) is 11.4 Å². The molecule has 108 valence electrons. The van der Waals surface area contributed by atoms with Crippen molar-refractivity contribution in [3.05, 3.63) is 42.6 Å². The summed E-state index contributed by atoms with van der Waals surface area (Å²) in [4.78, 5) is 25.9. The summed E-state index contributed by atoms with van der Waals surface area (Å²) in [6.45, 7) is 2.88. The van der Waals surface area contributed by atoms with Crippen molar-refractivity contribution in [1.29, 1.82) is 0 Å². The number of aromatic nitrogens is 1. The van der Waals surface area contributed by atoms with Gasteiger partial charge in [-0.05, 0) is 30.3 Å². The van der Waals surface area contributed by atoms with E-state index >= 15 is 0 Å². The number of amides is 2. The largest absolute Gasteiger partial charge is 0.439 e. The number of carbonyl (C=O) groups excluding carboxylic acids is 2. The van der Waals surface area contributed by atoms with Crippen LogP contribution >= 0.6 is 0 Å². The minimum Gasteiger partial charge on any atom is -0.439 e. The molecule has 21 heavy (non-hydrogen) atoms. The lowest BCUT2D eigenvalue weighted by Gasteiger charge is -2.07. The SMILES string of the molecule is CC(=O)Nc1ccc(Oc2ccc(NC(C)=O)cn2)cc1. The van der Waals surface area contributed by atoms with Gasteiger partial charge in [0.25, 0.3) is 0 Å². The number of rotatable bonds is 4. The summed E-state index contributed by atoms with van der Waals surface area (Å²) < 4.78 is 5.56. The van der Waals surface area contributed by atoms with Gasteiger partial charge >= 0.3 is 0 Å². The average molecular weight is 285 g/mol. The second-order valence-electron chi connectivity index (χ2n) is 4.37. The number of benzene rings is 1. The Kier molecular flexibility index (Phi) is 4.50.